The zero-order chi connectivity index (χ0) is 23.3. The molecule has 0 fully saturated rings. The van der Waals surface area contributed by atoms with Gasteiger partial charge in [-0.3, -0.25) is 14.4 Å². The fourth-order valence-electron chi connectivity index (χ4n) is 3.37. The van der Waals surface area contributed by atoms with Crippen LogP contribution in [0.15, 0.2) is 0 Å². The molecule has 0 aromatic rings. The van der Waals surface area contributed by atoms with Gasteiger partial charge in [-0.1, -0.05) is 90.9 Å². The number of hydrogen-bond donors (Lipinski definition) is 0. The Hall–Kier alpha value is -1.59. The van der Waals surface area contributed by atoms with E-state index in [1.54, 1.807) is 0 Å². The highest BCUT2D eigenvalue weighted by molar-refractivity contribution is 5.70. The molecule has 0 aromatic carbocycles. The molecule has 0 bridgehead atoms. The molecular weight excluding hydrogens is 396 g/mol. The summed E-state index contributed by atoms with van der Waals surface area (Å²) in [6.45, 7) is 6.94. The van der Waals surface area contributed by atoms with Gasteiger partial charge in [0.15, 0.2) is 6.10 Å². The first-order valence-corrected chi connectivity index (χ1v) is 12.3. The van der Waals surface area contributed by atoms with E-state index in [1.165, 1.54) is 78.1 Å². The zero-order valence-electron chi connectivity index (χ0n) is 20.4. The zero-order valence-corrected chi connectivity index (χ0v) is 20.4. The third-order valence-corrected chi connectivity index (χ3v) is 5.16. The highest BCUT2D eigenvalue weighted by atomic mass is 16.6. The van der Waals surface area contributed by atoms with E-state index < -0.39 is 18.0 Å². The van der Waals surface area contributed by atoms with Crippen LogP contribution in [0.2, 0.25) is 0 Å². The van der Waals surface area contributed by atoms with Gasteiger partial charge in [0, 0.05) is 20.3 Å². The smallest absolute Gasteiger partial charge is 0.306 e. The summed E-state index contributed by atoms with van der Waals surface area (Å²) in [5.74, 6) is -0.448. The number of hydrogen-bond acceptors (Lipinski definition) is 6. The molecule has 0 rings (SSSR count). The Morgan fingerprint density at radius 3 is 1.39 bits per heavy atom. The van der Waals surface area contributed by atoms with Crippen molar-refractivity contribution in [2.45, 2.75) is 124 Å². The lowest BCUT2D eigenvalue weighted by Crippen LogP contribution is -2.30. The lowest BCUT2D eigenvalue weighted by molar-refractivity contribution is -0.165. The molecular formula is C25H46O6. The predicted octanol–water partition coefficient (Wildman–Crippen LogP) is 6.14. The second kappa shape index (κ2) is 20.3. The number of carbonyl (C=O) groups is 3. The van der Waals surface area contributed by atoms with E-state index >= 15 is 0 Å². The number of unbranched alkanes of at least 4 members (excludes halogenated alkanes) is 11. The van der Waals surface area contributed by atoms with Crippen molar-refractivity contribution in [3.05, 3.63) is 0 Å². The predicted molar refractivity (Wildman–Crippen MR) is 123 cm³/mol. The van der Waals surface area contributed by atoms with E-state index in [4.69, 9.17) is 14.2 Å². The van der Waals surface area contributed by atoms with Gasteiger partial charge in [0.25, 0.3) is 0 Å². The molecule has 0 saturated heterocycles. The number of rotatable bonds is 20. The van der Waals surface area contributed by atoms with Crippen LogP contribution in [0.4, 0.5) is 0 Å². The molecule has 0 aliphatic heterocycles. The van der Waals surface area contributed by atoms with Crippen molar-refractivity contribution in [3.8, 4) is 0 Å². The minimum Gasteiger partial charge on any atom is -0.462 e. The van der Waals surface area contributed by atoms with Gasteiger partial charge in [-0.25, -0.2) is 0 Å². The summed E-state index contributed by atoms with van der Waals surface area (Å²) in [7, 11) is 0. The van der Waals surface area contributed by atoms with Gasteiger partial charge < -0.3 is 14.2 Å². The van der Waals surface area contributed by atoms with Crippen LogP contribution in [0, 0.1) is 5.92 Å². The van der Waals surface area contributed by atoms with E-state index in [0.29, 0.717) is 6.42 Å². The fraction of sp³-hybridized carbons (Fsp3) is 0.880. The summed E-state index contributed by atoms with van der Waals surface area (Å²) in [6, 6.07) is 0. The van der Waals surface area contributed by atoms with Crippen LogP contribution >= 0.6 is 0 Å². The molecule has 6 heteroatoms. The van der Waals surface area contributed by atoms with Crippen LogP contribution in [0.3, 0.4) is 0 Å². The molecule has 31 heavy (non-hydrogen) atoms. The van der Waals surface area contributed by atoms with Gasteiger partial charge in [-0.15, -0.1) is 0 Å². The maximum Gasteiger partial charge on any atom is 0.306 e. The Bertz CT molecular complexity index is 457. The van der Waals surface area contributed by atoms with Crippen molar-refractivity contribution in [1.29, 1.82) is 0 Å². The summed E-state index contributed by atoms with van der Waals surface area (Å²) in [6.07, 6.45) is 15.8. The number of ether oxygens (including phenoxy) is 3. The Morgan fingerprint density at radius 2 is 1.00 bits per heavy atom. The van der Waals surface area contributed by atoms with Crippen molar-refractivity contribution in [2.24, 2.45) is 5.92 Å². The Labute approximate surface area is 189 Å². The van der Waals surface area contributed by atoms with Crippen molar-refractivity contribution in [2.75, 3.05) is 13.2 Å². The van der Waals surface area contributed by atoms with Gasteiger partial charge in [0.1, 0.15) is 13.2 Å². The molecule has 0 saturated carbocycles. The molecule has 0 amide bonds. The summed E-state index contributed by atoms with van der Waals surface area (Å²) < 4.78 is 15.0. The highest BCUT2D eigenvalue weighted by Gasteiger charge is 2.17. The quantitative estimate of drug-likeness (QED) is 0.128. The largest absolute Gasteiger partial charge is 0.462 e. The molecule has 182 valence electrons. The van der Waals surface area contributed by atoms with Crippen molar-refractivity contribution in [1.82, 2.24) is 0 Å². The molecule has 0 unspecified atom stereocenters. The van der Waals surface area contributed by atoms with E-state index in [9.17, 15) is 14.4 Å². The average Bonchev–Trinajstić information content (AvgIpc) is 2.69. The molecule has 0 heterocycles. The minimum absolute atomic E-state index is 0.105. The lowest BCUT2D eigenvalue weighted by atomic mass is 10.0. The van der Waals surface area contributed by atoms with Gasteiger partial charge in [0.2, 0.25) is 0 Å². The Morgan fingerprint density at radius 1 is 0.613 bits per heavy atom. The summed E-state index contributed by atoms with van der Waals surface area (Å²) in [5, 5.41) is 0. The van der Waals surface area contributed by atoms with Crippen molar-refractivity contribution >= 4 is 17.9 Å². The molecule has 6 nitrogen and oxygen atoms in total. The van der Waals surface area contributed by atoms with E-state index in [-0.39, 0.29) is 19.2 Å². The maximum atomic E-state index is 12.0. The van der Waals surface area contributed by atoms with Crippen molar-refractivity contribution in [3.63, 3.8) is 0 Å². The van der Waals surface area contributed by atoms with Crippen LogP contribution in [-0.4, -0.2) is 37.2 Å². The first-order chi connectivity index (χ1) is 14.8. The summed E-state index contributed by atoms with van der Waals surface area (Å²) >= 11 is 0. The van der Waals surface area contributed by atoms with Gasteiger partial charge in [0.05, 0.1) is 0 Å². The van der Waals surface area contributed by atoms with Crippen LogP contribution in [0.25, 0.3) is 0 Å². The molecule has 0 radical (unpaired) electrons. The third kappa shape index (κ3) is 22.9. The summed E-state index contributed by atoms with van der Waals surface area (Å²) in [5.41, 5.74) is 0. The minimum atomic E-state index is -0.754. The topological polar surface area (TPSA) is 78.9 Å². The molecule has 0 N–H and O–H groups in total. The van der Waals surface area contributed by atoms with Crippen LogP contribution in [0.5, 0.6) is 0 Å². The molecule has 0 aromatic heterocycles. The Balaban J connectivity index is 3.59. The lowest BCUT2D eigenvalue weighted by Gasteiger charge is -2.17. The molecule has 0 atom stereocenters. The summed E-state index contributed by atoms with van der Waals surface area (Å²) in [4.78, 5) is 33.8. The number of esters is 3. The van der Waals surface area contributed by atoms with Crippen LogP contribution in [0.1, 0.15) is 118 Å². The van der Waals surface area contributed by atoms with Gasteiger partial charge in [-0.05, 0) is 12.3 Å². The standard InChI is InChI=1S/C25H46O6/c1-21(2)17-15-13-11-9-7-5-6-8-10-12-14-16-18-25(28)31-24(19-29-22(3)26)20-30-23(4)27/h21,24H,5-20H2,1-4H3. The van der Waals surface area contributed by atoms with Crippen molar-refractivity contribution < 1.29 is 28.6 Å². The Kier molecular flexibility index (Phi) is 19.3. The van der Waals surface area contributed by atoms with Crippen LogP contribution < -0.4 is 0 Å². The maximum absolute atomic E-state index is 12.0. The first kappa shape index (κ1) is 29.4. The fourth-order valence-corrected chi connectivity index (χ4v) is 3.37. The van der Waals surface area contributed by atoms with E-state index in [2.05, 4.69) is 13.8 Å². The second-order valence-electron chi connectivity index (χ2n) is 8.89. The second-order valence-corrected chi connectivity index (χ2v) is 8.89. The monoisotopic (exact) mass is 442 g/mol. The highest BCUT2D eigenvalue weighted by Crippen LogP contribution is 2.14. The van der Waals surface area contributed by atoms with Gasteiger partial charge in [-0.2, -0.15) is 0 Å². The normalized spacial score (nSPS) is 11.0. The molecule has 0 spiro atoms. The first-order valence-electron chi connectivity index (χ1n) is 12.3. The van der Waals surface area contributed by atoms with Crippen LogP contribution in [-0.2, 0) is 28.6 Å². The number of carbonyl (C=O) groups excluding carboxylic acids is 3. The average molecular weight is 443 g/mol. The van der Waals surface area contributed by atoms with E-state index in [0.717, 1.165) is 25.2 Å². The molecule has 0 aliphatic carbocycles. The SMILES string of the molecule is CC(=O)OCC(COC(C)=O)OC(=O)CCCCCCCCCCCCCCC(C)C. The molecule has 0 aliphatic rings. The van der Waals surface area contributed by atoms with E-state index in [1.807, 2.05) is 0 Å². The third-order valence-electron chi connectivity index (χ3n) is 5.16. The van der Waals surface area contributed by atoms with Gasteiger partial charge >= 0.3 is 17.9 Å².